The largest absolute Gasteiger partial charge is 0.476 e. The minimum atomic E-state index is -1.05. The molecule has 2 heterocycles. The van der Waals surface area contributed by atoms with E-state index in [0.29, 0.717) is 25.5 Å². The number of imidazole rings is 1. The summed E-state index contributed by atoms with van der Waals surface area (Å²) < 4.78 is 1.70. The summed E-state index contributed by atoms with van der Waals surface area (Å²) in [6, 6.07) is -0.0363. The molecule has 1 aliphatic heterocycles. The molecule has 2 rings (SSSR count). The first-order chi connectivity index (χ1) is 8.10. The van der Waals surface area contributed by atoms with Crippen LogP contribution in [0, 0.1) is 0 Å². The number of nitrogens with zero attached hydrogens (tertiary/aromatic N) is 2. The number of carbonyl (C=O) groups excluding carboxylic acids is 1. The Kier molecular flexibility index (Phi) is 2.99. The number of hydrogen-bond donors (Lipinski definition) is 3. The average Bonchev–Trinajstić information content (AvgIpc) is 2.72. The highest BCUT2D eigenvalue weighted by Gasteiger charge is 2.22. The predicted molar refractivity (Wildman–Crippen MR) is 59.9 cm³/mol. The van der Waals surface area contributed by atoms with Crippen LogP contribution < -0.4 is 10.6 Å². The van der Waals surface area contributed by atoms with Gasteiger partial charge in [0, 0.05) is 25.7 Å². The van der Waals surface area contributed by atoms with Crippen molar-refractivity contribution in [1.82, 2.24) is 14.9 Å². The maximum atomic E-state index is 11.2. The van der Waals surface area contributed by atoms with Crippen molar-refractivity contribution >= 4 is 17.8 Å². The molecule has 0 saturated carbocycles. The third kappa shape index (κ3) is 2.38. The van der Waals surface area contributed by atoms with Gasteiger partial charge in [-0.2, -0.15) is 0 Å². The van der Waals surface area contributed by atoms with E-state index < -0.39 is 5.97 Å². The molecule has 1 aromatic rings. The minimum absolute atomic E-state index is 0.00923. The van der Waals surface area contributed by atoms with Gasteiger partial charge in [-0.1, -0.05) is 6.92 Å². The molecule has 0 radical (unpaired) electrons. The van der Waals surface area contributed by atoms with Crippen molar-refractivity contribution in [2.45, 2.75) is 25.9 Å². The molecule has 0 saturated heterocycles. The molecule has 17 heavy (non-hydrogen) atoms. The number of aromatic nitrogens is 2. The number of nitrogens with one attached hydrogen (secondary N) is 2. The van der Waals surface area contributed by atoms with Gasteiger partial charge < -0.3 is 20.3 Å². The molecule has 3 N–H and O–H groups in total. The van der Waals surface area contributed by atoms with E-state index in [1.54, 1.807) is 11.5 Å². The Labute approximate surface area is 97.8 Å². The van der Waals surface area contributed by atoms with Crippen molar-refractivity contribution in [3.63, 3.8) is 0 Å². The van der Waals surface area contributed by atoms with Crippen LogP contribution in [-0.2, 0) is 11.3 Å². The molecule has 0 aromatic carbocycles. The molecule has 0 bridgehead atoms. The van der Waals surface area contributed by atoms with E-state index >= 15 is 0 Å². The van der Waals surface area contributed by atoms with Crippen LogP contribution in [0.5, 0.6) is 0 Å². The van der Waals surface area contributed by atoms with E-state index in [1.165, 1.54) is 6.20 Å². The molecule has 7 heteroatoms. The monoisotopic (exact) mass is 238 g/mol. The molecule has 0 fully saturated rings. The number of amides is 1. The van der Waals surface area contributed by atoms with Gasteiger partial charge in [0.15, 0.2) is 5.69 Å². The molecule has 1 aliphatic rings. The Balaban J connectivity index is 2.08. The molecule has 1 atom stereocenters. The van der Waals surface area contributed by atoms with Gasteiger partial charge >= 0.3 is 5.97 Å². The highest BCUT2D eigenvalue weighted by atomic mass is 16.4. The lowest BCUT2D eigenvalue weighted by Crippen LogP contribution is -2.45. The van der Waals surface area contributed by atoms with Crippen LogP contribution in [-0.4, -0.2) is 39.1 Å². The fourth-order valence-corrected chi connectivity index (χ4v) is 1.74. The Bertz CT molecular complexity index is 454. The smallest absolute Gasteiger partial charge is 0.356 e. The molecule has 0 spiro atoms. The summed E-state index contributed by atoms with van der Waals surface area (Å²) in [6.45, 7) is 2.88. The molecule has 7 nitrogen and oxygen atoms in total. The molecule has 0 aliphatic carbocycles. The summed E-state index contributed by atoms with van der Waals surface area (Å²) in [7, 11) is 0. The van der Waals surface area contributed by atoms with E-state index in [0.717, 1.165) is 0 Å². The molecule has 1 aromatic heterocycles. The van der Waals surface area contributed by atoms with Gasteiger partial charge in [-0.25, -0.2) is 9.78 Å². The normalized spacial score (nSPS) is 18.1. The molecule has 92 valence electrons. The summed E-state index contributed by atoms with van der Waals surface area (Å²) in [5.74, 6) is -0.536. The van der Waals surface area contributed by atoms with Crippen LogP contribution in [0.1, 0.15) is 23.8 Å². The predicted octanol–water partition coefficient (Wildman–Crippen LogP) is -0.0984. The summed E-state index contributed by atoms with van der Waals surface area (Å²) in [5, 5.41) is 14.7. The van der Waals surface area contributed by atoms with Gasteiger partial charge in [0.2, 0.25) is 11.9 Å². The van der Waals surface area contributed by atoms with Crippen molar-refractivity contribution in [2.24, 2.45) is 0 Å². The maximum Gasteiger partial charge on any atom is 0.356 e. The van der Waals surface area contributed by atoms with Gasteiger partial charge in [0.05, 0.1) is 6.04 Å². The summed E-state index contributed by atoms with van der Waals surface area (Å²) in [6.07, 6.45) is 1.91. The van der Waals surface area contributed by atoms with Crippen LogP contribution in [0.3, 0.4) is 0 Å². The molecular formula is C10H14N4O3. The van der Waals surface area contributed by atoms with Crippen molar-refractivity contribution in [3.05, 3.63) is 11.9 Å². The lowest BCUT2D eigenvalue weighted by atomic mass is 10.2. The van der Waals surface area contributed by atoms with Crippen LogP contribution in [0.25, 0.3) is 0 Å². The average molecular weight is 238 g/mol. The number of anilines is 1. The summed E-state index contributed by atoms with van der Waals surface area (Å²) >= 11 is 0. The third-order valence-electron chi connectivity index (χ3n) is 2.61. The Morgan fingerprint density at radius 2 is 2.47 bits per heavy atom. The van der Waals surface area contributed by atoms with E-state index in [4.69, 9.17) is 5.11 Å². The number of carboxylic acids is 1. The summed E-state index contributed by atoms with van der Waals surface area (Å²) in [5.41, 5.74) is 0.00923. The lowest BCUT2D eigenvalue weighted by molar-refractivity contribution is -0.121. The Morgan fingerprint density at radius 3 is 3.12 bits per heavy atom. The number of carbonyl (C=O) groups is 2. The second-order valence-corrected chi connectivity index (χ2v) is 3.91. The van der Waals surface area contributed by atoms with Gasteiger partial charge in [-0.15, -0.1) is 0 Å². The third-order valence-corrected chi connectivity index (χ3v) is 2.61. The highest BCUT2D eigenvalue weighted by Crippen LogP contribution is 2.14. The van der Waals surface area contributed by atoms with Crippen LogP contribution in [0.15, 0.2) is 6.20 Å². The van der Waals surface area contributed by atoms with Gasteiger partial charge in [-0.05, 0) is 0 Å². The standard InChI is InChI=1S/C10H14N4O3/c1-2-8(15)12-6-3-11-10-13-7(9(16)17)5-14(10)4-6/h5-6H,2-4H2,1H3,(H,11,13)(H,12,15)(H,16,17). The number of fused-ring (bicyclic) bond motifs is 1. The van der Waals surface area contributed by atoms with Crippen LogP contribution in [0.4, 0.5) is 5.95 Å². The zero-order valence-corrected chi connectivity index (χ0v) is 9.43. The molecule has 1 unspecified atom stereocenters. The number of hydrogen-bond acceptors (Lipinski definition) is 4. The van der Waals surface area contributed by atoms with Crippen molar-refractivity contribution in [2.75, 3.05) is 11.9 Å². The Morgan fingerprint density at radius 1 is 1.71 bits per heavy atom. The number of carboxylic acid groups (broad SMARTS) is 1. The zero-order chi connectivity index (χ0) is 12.4. The Hall–Kier alpha value is -2.05. The topological polar surface area (TPSA) is 96.2 Å². The van der Waals surface area contributed by atoms with E-state index in [2.05, 4.69) is 15.6 Å². The van der Waals surface area contributed by atoms with Gasteiger partial charge in [-0.3, -0.25) is 4.79 Å². The SMILES string of the molecule is CCC(=O)NC1CNc2nc(C(=O)O)cn2C1. The van der Waals surface area contributed by atoms with Crippen molar-refractivity contribution < 1.29 is 14.7 Å². The van der Waals surface area contributed by atoms with E-state index in [9.17, 15) is 9.59 Å². The highest BCUT2D eigenvalue weighted by molar-refractivity contribution is 5.85. The number of aromatic carboxylic acids is 1. The first-order valence-electron chi connectivity index (χ1n) is 5.44. The zero-order valence-electron chi connectivity index (χ0n) is 9.43. The summed E-state index contributed by atoms with van der Waals surface area (Å²) in [4.78, 5) is 25.9. The molecular weight excluding hydrogens is 224 g/mol. The van der Waals surface area contributed by atoms with Gasteiger partial charge in [0.25, 0.3) is 0 Å². The van der Waals surface area contributed by atoms with Gasteiger partial charge in [0.1, 0.15) is 0 Å². The maximum absolute atomic E-state index is 11.2. The van der Waals surface area contributed by atoms with Crippen molar-refractivity contribution in [1.29, 1.82) is 0 Å². The quantitative estimate of drug-likeness (QED) is 0.683. The second-order valence-electron chi connectivity index (χ2n) is 3.91. The first-order valence-corrected chi connectivity index (χ1v) is 5.44. The van der Waals surface area contributed by atoms with E-state index in [1.807, 2.05) is 0 Å². The van der Waals surface area contributed by atoms with Crippen LogP contribution in [0.2, 0.25) is 0 Å². The van der Waals surface area contributed by atoms with Crippen molar-refractivity contribution in [3.8, 4) is 0 Å². The number of rotatable bonds is 3. The van der Waals surface area contributed by atoms with Crippen LogP contribution >= 0.6 is 0 Å². The van der Waals surface area contributed by atoms with E-state index in [-0.39, 0.29) is 17.6 Å². The second kappa shape index (κ2) is 4.44. The first kappa shape index (κ1) is 11.4. The molecule has 1 amide bonds. The lowest BCUT2D eigenvalue weighted by Gasteiger charge is -2.25. The minimum Gasteiger partial charge on any atom is -0.476 e. The fourth-order valence-electron chi connectivity index (χ4n) is 1.74. The fraction of sp³-hybridized carbons (Fsp3) is 0.500.